The molecular weight excluding hydrogens is 318 g/mol. The third-order valence-electron chi connectivity index (χ3n) is 4.27. The Morgan fingerprint density at radius 1 is 1.52 bits per heavy atom. The third kappa shape index (κ3) is 3.54. The SMILES string of the molecule is COCCN1C(=O)CO[C@H]2CN(C(=O)Cc3csc(C)n3)C[C@@H]21. The van der Waals surface area contributed by atoms with E-state index in [1.54, 1.807) is 28.2 Å². The van der Waals surface area contributed by atoms with Crippen LogP contribution in [0.5, 0.6) is 0 Å². The third-order valence-corrected chi connectivity index (χ3v) is 5.09. The maximum atomic E-state index is 12.5. The Morgan fingerprint density at radius 2 is 2.35 bits per heavy atom. The number of nitrogens with zero attached hydrogens (tertiary/aromatic N) is 3. The van der Waals surface area contributed by atoms with Crippen LogP contribution < -0.4 is 0 Å². The number of methoxy groups -OCH3 is 1. The van der Waals surface area contributed by atoms with E-state index < -0.39 is 0 Å². The Balaban J connectivity index is 1.63. The van der Waals surface area contributed by atoms with Crippen LogP contribution in [0.25, 0.3) is 0 Å². The number of hydrogen-bond donors (Lipinski definition) is 0. The molecule has 1 aromatic heterocycles. The van der Waals surface area contributed by atoms with E-state index in [-0.39, 0.29) is 30.6 Å². The van der Waals surface area contributed by atoms with E-state index >= 15 is 0 Å². The Bertz CT molecular complexity index is 591. The molecule has 0 spiro atoms. The molecule has 8 heteroatoms. The van der Waals surface area contributed by atoms with Crippen molar-refractivity contribution in [1.82, 2.24) is 14.8 Å². The predicted molar refractivity (Wildman–Crippen MR) is 84.3 cm³/mol. The lowest BCUT2D eigenvalue weighted by atomic mass is 10.1. The first-order valence-electron chi connectivity index (χ1n) is 7.67. The van der Waals surface area contributed by atoms with Crippen LogP contribution in [0.1, 0.15) is 10.7 Å². The number of morpholine rings is 1. The first-order chi connectivity index (χ1) is 11.1. The summed E-state index contributed by atoms with van der Waals surface area (Å²) < 4.78 is 10.7. The molecule has 0 bridgehead atoms. The number of rotatable bonds is 5. The number of aromatic nitrogens is 1. The van der Waals surface area contributed by atoms with Crippen LogP contribution in [-0.2, 0) is 25.5 Å². The number of carbonyl (C=O) groups excluding carboxylic acids is 2. The molecule has 0 aliphatic carbocycles. The van der Waals surface area contributed by atoms with Gasteiger partial charge in [0.2, 0.25) is 11.8 Å². The molecule has 2 amide bonds. The number of amides is 2. The summed E-state index contributed by atoms with van der Waals surface area (Å²) in [5.41, 5.74) is 0.806. The predicted octanol–water partition coefficient (Wildman–Crippen LogP) is 0.0786. The summed E-state index contributed by atoms with van der Waals surface area (Å²) in [7, 11) is 1.61. The van der Waals surface area contributed by atoms with Gasteiger partial charge in [-0.25, -0.2) is 4.98 Å². The van der Waals surface area contributed by atoms with Crippen molar-refractivity contribution in [2.24, 2.45) is 0 Å². The number of carbonyl (C=O) groups is 2. The van der Waals surface area contributed by atoms with Crippen LogP contribution in [0, 0.1) is 6.92 Å². The van der Waals surface area contributed by atoms with E-state index in [0.717, 1.165) is 10.7 Å². The Hall–Kier alpha value is -1.51. The smallest absolute Gasteiger partial charge is 0.249 e. The fourth-order valence-corrected chi connectivity index (χ4v) is 3.72. The van der Waals surface area contributed by atoms with Gasteiger partial charge in [-0.1, -0.05) is 0 Å². The molecule has 23 heavy (non-hydrogen) atoms. The second-order valence-electron chi connectivity index (χ2n) is 5.83. The lowest BCUT2D eigenvalue weighted by Crippen LogP contribution is -2.54. The molecule has 2 atom stereocenters. The number of thiazole rings is 1. The summed E-state index contributed by atoms with van der Waals surface area (Å²) in [4.78, 5) is 32.4. The summed E-state index contributed by atoms with van der Waals surface area (Å²) in [5.74, 6) is 0.000153. The van der Waals surface area contributed by atoms with Gasteiger partial charge in [0.15, 0.2) is 0 Å². The van der Waals surface area contributed by atoms with Crippen molar-refractivity contribution in [3.63, 3.8) is 0 Å². The summed E-state index contributed by atoms with van der Waals surface area (Å²) >= 11 is 1.55. The number of likely N-dealkylation sites (tertiary alicyclic amines) is 1. The van der Waals surface area contributed by atoms with E-state index in [4.69, 9.17) is 9.47 Å². The molecule has 0 unspecified atom stereocenters. The molecule has 7 nitrogen and oxygen atoms in total. The lowest BCUT2D eigenvalue weighted by Gasteiger charge is -2.36. The van der Waals surface area contributed by atoms with Crippen LogP contribution in [0.4, 0.5) is 0 Å². The van der Waals surface area contributed by atoms with Crippen LogP contribution in [0.3, 0.4) is 0 Å². The Labute approximate surface area is 139 Å². The van der Waals surface area contributed by atoms with Crippen molar-refractivity contribution in [2.45, 2.75) is 25.5 Å². The van der Waals surface area contributed by atoms with E-state index in [1.807, 2.05) is 12.3 Å². The zero-order valence-corrected chi connectivity index (χ0v) is 14.2. The molecule has 3 rings (SSSR count). The second-order valence-corrected chi connectivity index (χ2v) is 6.89. The maximum Gasteiger partial charge on any atom is 0.249 e. The standard InChI is InChI=1S/C15H21N3O4S/c1-10-16-11(9-23-10)5-14(19)17-6-12-13(7-17)22-8-15(20)18(12)3-4-21-2/h9,12-13H,3-8H2,1-2H3/t12-,13-/m0/s1. The average molecular weight is 339 g/mol. The molecule has 2 aliphatic heterocycles. The Morgan fingerprint density at radius 3 is 3.04 bits per heavy atom. The molecule has 126 valence electrons. The minimum Gasteiger partial charge on any atom is -0.383 e. The van der Waals surface area contributed by atoms with Gasteiger partial charge in [0.05, 0.1) is 35.9 Å². The van der Waals surface area contributed by atoms with Crippen molar-refractivity contribution in [3.05, 3.63) is 16.1 Å². The van der Waals surface area contributed by atoms with E-state index in [0.29, 0.717) is 32.7 Å². The minimum absolute atomic E-state index is 0.0345. The van der Waals surface area contributed by atoms with Gasteiger partial charge in [0.1, 0.15) is 6.61 Å². The van der Waals surface area contributed by atoms with E-state index in [2.05, 4.69) is 4.98 Å². The summed E-state index contributed by atoms with van der Waals surface area (Å²) in [6, 6.07) is -0.0764. The number of fused-ring (bicyclic) bond motifs is 1. The molecule has 1 aromatic rings. The van der Waals surface area contributed by atoms with Crippen LogP contribution in [0.2, 0.25) is 0 Å². The fraction of sp³-hybridized carbons (Fsp3) is 0.667. The molecular formula is C15H21N3O4S. The molecule has 0 radical (unpaired) electrons. The summed E-state index contributed by atoms with van der Waals surface area (Å²) in [6.45, 7) is 4.08. The largest absolute Gasteiger partial charge is 0.383 e. The maximum absolute atomic E-state index is 12.5. The van der Waals surface area contributed by atoms with E-state index in [1.165, 1.54) is 0 Å². The summed E-state index contributed by atoms with van der Waals surface area (Å²) in [5, 5.41) is 2.88. The van der Waals surface area contributed by atoms with Gasteiger partial charge in [0.25, 0.3) is 0 Å². The van der Waals surface area contributed by atoms with Gasteiger partial charge in [-0.05, 0) is 6.92 Å². The van der Waals surface area contributed by atoms with Crippen LogP contribution >= 0.6 is 11.3 Å². The number of aryl methyl sites for hydroxylation is 1. The van der Waals surface area contributed by atoms with Gasteiger partial charge in [-0.2, -0.15) is 0 Å². The van der Waals surface area contributed by atoms with Crippen molar-refractivity contribution >= 4 is 23.2 Å². The first kappa shape index (κ1) is 16.4. The molecule has 2 aliphatic rings. The van der Waals surface area contributed by atoms with Gasteiger partial charge >= 0.3 is 0 Å². The molecule has 3 heterocycles. The summed E-state index contributed by atoms with van der Waals surface area (Å²) in [6.07, 6.45) is 0.196. The molecule has 0 saturated carbocycles. The Kier molecular flexibility index (Phi) is 4.93. The highest BCUT2D eigenvalue weighted by atomic mass is 32.1. The van der Waals surface area contributed by atoms with Crippen molar-refractivity contribution in [1.29, 1.82) is 0 Å². The zero-order chi connectivity index (χ0) is 16.4. The zero-order valence-electron chi connectivity index (χ0n) is 13.4. The average Bonchev–Trinajstić information content (AvgIpc) is 3.12. The van der Waals surface area contributed by atoms with Crippen LogP contribution in [-0.4, -0.2) is 78.7 Å². The first-order valence-corrected chi connectivity index (χ1v) is 8.55. The highest BCUT2D eigenvalue weighted by Gasteiger charge is 2.44. The van der Waals surface area contributed by atoms with Crippen molar-refractivity contribution < 1.29 is 19.1 Å². The number of ether oxygens (including phenoxy) is 2. The van der Waals surface area contributed by atoms with Crippen LogP contribution in [0.15, 0.2) is 5.38 Å². The minimum atomic E-state index is -0.106. The van der Waals surface area contributed by atoms with Gasteiger partial charge < -0.3 is 19.3 Å². The lowest BCUT2D eigenvalue weighted by molar-refractivity contribution is -0.153. The van der Waals surface area contributed by atoms with Gasteiger partial charge in [-0.15, -0.1) is 11.3 Å². The topological polar surface area (TPSA) is 72.0 Å². The van der Waals surface area contributed by atoms with Crippen molar-refractivity contribution in [2.75, 3.05) is 40.0 Å². The van der Waals surface area contributed by atoms with E-state index in [9.17, 15) is 9.59 Å². The number of hydrogen-bond acceptors (Lipinski definition) is 6. The van der Waals surface area contributed by atoms with Gasteiger partial charge in [0, 0.05) is 32.1 Å². The molecule has 0 N–H and O–H groups in total. The fourth-order valence-electron chi connectivity index (χ4n) is 3.11. The normalized spacial score (nSPS) is 24.2. The molecule has 2 saturated heterocycles. The molecule has 0 aromatic carbocycles. The molecule has 2 fully saturated rings. The highest BCUT2D eigenvalue weighted by molar-refractivity contribution is 7.09. The monoisotopic (exact) mass is 339 g/mol. The van der Waals surface area contributed by atoms with Crippen molar-refractivity contribution in [3.8, 4) is 0 Å². The van der Waals surface area contributed by atoms with Gasteiger partial charge in [-0.3, -0.25) is 9.59 Å². The quantitative estimate of drug-likeness (QED) is 0.760. The highest BCUT2D eigenvalue weighted by Crippen LogP contribution is 2.24. The second kappa shape index (κ2) is 6.94.